The molecule has 7 heteroatoms. The van der Waals surface area contributed by atoms with Crippen LogP contribution in [-0.4, -0.2) is 34.3 Å². The van der Waals surface area contributed by atoms with E-state index in [2.05, 4.69) is 36.6 Å². The third-order valence-corrected chi connectivity index (χ3v) is 3.46. The standard InChI is InChI=1S/C14H18BrN5O/c1-10(7-16-2)13(21)18-14-17-9-20(19-14)8-11-4-3-5-12(15)6-11/h3-6,9-10,16H,7-8H2,1-2H3,(H,18,19,21). The van der Waals surface area contributed by atoms with Gasteiger partial charge in [-0.25, -0.2) is 9.67 Å². The van der Waals surface area contributed by atoms with Crippen LogP contribution in [0.3, 0.4) is 0 Å². The van der Waals surface area contributed by atoms with Crippen LogP contribution in [0, 0.1) is 5.92 Å². The normalized spacial score (nSPS) is 12.1. The summed E-state index contributed by atoms with van der Waals surface area (Å²) < 4.78 is 2.72. The average Bonchev–Trinajstić information content (AvgIpc) is 2.86. The molecule has 21 heavy (non-hydrogen) atoms. The summed E-state index contributed by atoms with van der Waals surface area (Å²) in [6, 6.07) is 7.98. The van der Waals surface area contributed by atoms with E-state index in [1.165, 1.54) is 0 Å². The van der Waals surface area contributed by atoms with Crippen LogP contribution >= 0.6 is 15.9 Å². The Kier molecular flexibility index (Phi) is 5.46. The van der Waals surface area contributed by atoms with Gasteiger partial charge in [-0.05, 0) is 24.7 Å². The molecule has 0 aliphatic heterocycles. The second-order valence-electron chi connectivity index (χ2n) is 4.84. The fraction of sp³-hybridized carbons (Fsp3) is 0.357. The number of halogens is 1. The fourth-order valence-corrected chi connectivity index (χ4v) is 2.33. The van der Waals surface area contributed by atoms with Crippen molar-refractivity contribution in [2.75, 3.05) is 18.9 Å². The molecule has 0 fully saturated rings. The van der Waals surface area contributed by atoms with Gasteiger partial charge in [0.15, 0.2) is 0 Å². The molecule has 2 N–H and O–H groups in total. The van der Waals surface area contributed by atoms with Crippen molar-refractivity contribution in [3.63, 3.8) is 0 Å². The van der Waals surface area contributed by atoms with E-state index in [0.717, 1.165) is 10.0 Å². The molecule has 0 saturated heterocycles. The van der Waals surface area contributed by atoms with Crippen molar-refractivity contribution in [2.24, 2.45) is 5.92 Å². The maximum absolute atomic E-state index is 11.9. The minimum Gasteiger partial charge on any atom is -0.319 e. The highest BCUT2D eigenvalue weighted by molar-refractivity contribution is 9.10. The minimum absolute atomic E-state index is 0.0930. The Bertz CT molecular complexity index is 613. The molecule has 0 aliphatic carbocycles. The minimum atomic E-state index is -0.132. The van der Waals surface area contributed by atoms with Crippen LogP contribution in [0.4, 0.5) is 5.95 Å². The van der Waals surface area contributed by atoms with E-state index in [1.54, 1.807) is 11.0 Å². The number of hydrogen-bond donors (Lipinski definition) is 2. The zero-order valence-electron chi connectivity index (χ0n) is 12.0. The van der Waals surface area contributed by atoms with Crippen molar-refractivity contribution in [1.82, 2.24) is 20.1 Å². The van der Waals surface area contributed by atoms with Crippen molar-refractivity contribution < 1.29 is 4.79 Å². The summed E-state index contributed by atoms with van der Waals surface area (Å²) in [7, 11) is 1.81. The molecule has 0 spiro atoms. The van der Waals surface area contributed by atoms with E-state index < -0.39 is 0 Å². The van der Waals surface area contributed by atoms with Gasteiger partial charge in [0.2, 0.25) is 11.9 Å². The first-order valence-corrected chi connectivity index (χ1v) is 7.47. The second-order valence-corrected chi connectivity index (χ2v) is 5.76. The van der Waals surface area contributed by atoms with E-state index in [1.807, 2.05) is 38.2 Å². The van der Waals surface area contributed by atoms with Crippen molar-refractivity contribution >= 4 is 27.8 Å². The molecule has 1 heterocycles. The van der Waals surface area contributed by atoms with Crippen LogP contribution in [-0.2, 0) is 11.3 Å². The van der Waals surface area contributed by atoms with E-state index in [0.29, 0.717) is 19.0 Å². The third-order valence-electron chi connectivity index (χ3n) is 2.96. The zero-order chi connectivity index (χ0) is 15.2. The molecular formula is C14H18BrN5O. The average molecular weight is 352 g/mol. The summed E-state index contributed by atoms with van der Waals surface area (Å²) in [4.78, 5) is 16.0. The van der Waals surface area contributed by atoms with E-state index in [9.17, 15) is 4.79 Å². The van der Waals surface area contributed by atoms with Crippen LogP contribution in [0.25, 0.3) is 0 Å². The number of aromatic nitrogens is 3. The first-order chi connectivity index (χ1) is 10.1. The predicted octanol–water partition coefficient (Wildman–Crippen LogP) is 1.88. The van der Waals surface area contributed by atoms with Crippen molar-refractivity contribution in [3.8, 4) is 0 Å². The third kappa shape index (κ3) is 4.64. The molecule has 112 valence electrons. The van der Waals surface area contributed by atoms with Crippen LogP contribution < -0.4 is 10.6 Å². The highest BCUT2D eigenvalue weighted by Crippen LogP contribution is 2.12. The number of rotatable bonds is 6. The smallest absolute Gasteiger partial charge is 0.248 e. The Labute approximate surface area is 132 Å². The molecule has 1 amide bonds. The molecule has 0 radical (unpaired) electrons. The summed E-state index contributed by atoms with van der Waals surface area (Å²) >= 11 is 3.44. The van der Waals surface area contributed by atoms with Crippen molar-refractivity contribution in [3.05, 3.63) is 40.6 Å². The lowest BCUT2D eigenvalue weighted by Crippen LogP contribution is -2.29. The summed E-state index contributed by atoms with van der Waals surface area (Å²) in [5.41, 5.74) is 1.11. The summed E-state index contributed by atoms with van der Waals surface area (Å²) in [5, 5.41) is 9.93. The van der Waals surface area contributed by atoms with Gasteiger partial charge in [-0.3, -0.25) is 10.1 Å². The second kappa shape index (κ2) is 7.33. The molecule has 0 aliphatic rings. The number of hydrogen-bond acceptors (Lipinski definition) is 4. The number of amides is 1. The Balaban J connectivity index is 1.97. The number of carbonyl (C=O) groups excluding carboxylic acids is 1. The van der Waals surface area contributed by atoms with Crippen molar-refractivity contribution in [2.45, 2.75) is 13.5 Å². The van der Waals surface area contributed by atoms with E-state index in [4.69, 9.17) is 0 Å². The summed E-state index contributed by atoms with van der Waals surface area (Å²) in [5.74, 6) is 0.106. The van der Waals surface area contributed by atoms with Gasteiger partial charge in [0.1, 0.15) is 6.33 Å². The summed E-state index contributed by atoms with van der Waals surface area (Å²) in [6.07, 6.45) is 1.61. The highest BCUT2D eigenvalue weighted by Gasteiger charge is 2.13. The first kappa shape index (κ1) is 15.7. The van der Waals surface area contributed by atoms with Gasteiger partial charge in [0.25, 0.3) is 0 Å². The SMILES string of the molecule is CNCC(C)C(=O)Nc1ncn(Cc2cccc(Br)c2)n1. The Morgan fingerprint density at radius 3 is 3.00 bits per heavy atom. The quantitative estimate of drug-likeness (QED) is 0.833. The molecule has 1 aromatic carbocycles. The molecule has 2 rings (SSSR count). The molecular weight excluding hydrogens is 334 g/mol. The van der Waals surface area contributed by atoms with Gasteiger partial charge in [-0.1, -0.05) is 35.0 Å². The lowest BCUT2D eigenvalue weighted by atomic mass is 10.2. The lowest BCUT2D eigenvalue weighted by molar-refractivity contribution is -0.119. The van der Waals surface area contributed by atoms with Gasteiger partial charge in [0, 0.05) is 16.9 Å². The van der Waals surface area contributed by atoms with Gasteiger partial charge in [0.05, 0.1) is 6.54 Å². The molecule has 1 unspecified atom stereocenters. The topological polar surface area (TPSA) is 71.8 Å². The van der Waals surface area contributed by atoms with Crippen LogP contribution in [0.5, 0.6) is 0 Å². The maximum Gasteiger partial charge on any atom is 0.248 e. The molecule has 6 nitrogen and oxygen atoms in total. The first-order valence-electron chi connectivity index (χ1n) is 6.68. The van der Waals surface area contributed by atoms with E-state index in [-0.39, 0.29) is 11.8 Å². The van der Waals surface area contributed by atoms with Crippen LogP contribution in [0.15, 0.2) is 35.1 Å². The fourth-order valence-electron chi connectivity index (χ4n) is 1.88. The lowest BCUT2D eigenvalue weighted by Gasteiger charge is -2.08. The monoisotopic (exact) mass is 351 g/mol. The molecule has 2 aromatic rings. The van der Waals surface area contributed by atoms with Crippen molar-refractivity contribution in [1.29, 1.82) is 0 Å². The number of nitrogens with zero attached hydrogens (tertiary/aromatic N) is 3. The number of carbonyl (C=O) groups is 1. The summed E-state index contributed by atoms with van der Waals surface area (Å²) in [6.45, 7) is 3.07. The van der Waals surface area contributed by atoms with Gasteiger partial charge < -0.3 is 5.32 Å². The Hall–Kier alpha value is -1.73. The van der Waals surface area contributed by atoms with E-state index >= 15 is 0 Å². The Morgan fingerprint density at radius 1 is 1.48 bits per heavy atom. The van der Waals surface area contributed by atoms with Gasteiger partial charge in [-0.2, -0.15) is 0 Å². The number of nitrogens with one attached hydrogen (secondary N) is 2. The maximum atomic E-state index is 11.9. The predicted molar refractivity (Wildman–Crippen MR) is 85.0 cm³/mol. The Morgan fingerprint density at radius 2 is 2.29 bits per heavy atom. The van der Waals surface area contributed by atoms with Gasteiger partial charge in [-0.15, -0.1) is 5.10 Å². The molecule has 1 atom stereocenters. The molecule has 0 bridgehead atoms. The van der Waals surface area contributed by atoms with Crippen LogP contribution in [0.2, 0.25) is 0 Å². The highest BCUT2D eigenvalue weighted by atomic mass is 79.9. The molecule has 1 aromatic heterocycles. The van der Waals surface area contributed by atoms with Gasteiger partial charge >= 0.3 is 0 Å². The number of anilines is 1. The zero-order valence-corrected chi connectivity index (χ0v) is 13.6. The number of benzene rings is 1. The van der Waals surface area contributed by atoms with Crippen LogP contribution in [0.1, 0.15) is 12.5 Å². The largest absolute Gasteiger partial charge is 0.319 e. The molecule has 0 saturated carbocycles.